The second kappa shape index (κ2) is 8.71. The van der Waals surface area contributed by atoms with Crippen LogP contribution in [0.4, 0.5) is 10.1 Å². The Bertz CT molecular complexity index is 886. The molecule has 1 atom stereocenters. The summed E-state index contributed by atoms with van der Waals surface area (Å²) >= 11 is 5.87. The summed E-state index contributed by atoms with van der Waals surface area (Å²) < 4.78 is 39.1. The Morgan fingerprint density at radius 3 is 2.15 bits per heavy atom. The zero-order valence-electron chi connectivity index (χ0n) is 15.4. The van der Waals surface area contributed by atoms with E-state index in [0.29, 0.717) is 11.6 Å². The highest BCUT2D eigenvalue weighted by molar-refractivity contribution is 7.92. The van der Waals surface area contributed by atoms with Crippen molar-refractivity contribution < 1.29 is 17.6 Å². The van der Waals surface area contributed by atoms with Crippen molar-refractivity contribution in [2.24, 2.45) is 0 Å². The van der Waals surface area contributed by atoms with Gasteiger partial charge in [-0.1, -0.05) is 30.7 Å². The Balaban J connectivity index is 2.30. The SMILES string of the molecule is CCC(C(=O)N(C)Cc1ccc(Cl)cc1)N(c1ccc(F)cc1)S(C)(=O)=O. The van der Waals surface area contributed by atoms with Crippen molar-refractivity contribution in [3.8, 4) is 0 Å². The van der Waals surface area contributed by atoms with Crippen molar-refractivity contribution >= 4 is 33.2 Å². The van der Waals surface area contributed by atoms with Crippen molar-refractivity contribution in [3.63, 3.8) is 0 Å². The van der Waals surface area contributed by atoms with Gasteiger partial charge in [0.05, 0.1) is 11.9 Å². The summed E-state index contributed by atoms with van der Waals surface area (Å²) in [5.74, 6) is -0.825. The highest BCUT2D eigenvalue weighted by atomic mass is 35.5. The van der Waals surface area contributed by atoms with Gasteiger partial charge in [-0.05, 0) is 48.4 Å². The van der Waals surface area contributed by atoms with Crippen LogP contribution >= 0.6 is 11.6 Å². The molecule has 0 saturated heterocycles. The molecular formula is C19H22ClFN2O3S. The lowest BCUT2D eigenvalue weighted by Gasteiger charge is -2.32. The molecule has 0 saturated carbocycles. The summed E-state index contributed by atoms with van der Waals surface area (Å²) in [7, 11) is -2.14. The molecule has 5 nitrogen and oxygen atoms in total. The number of sulfonamides is 1. The van der Waals surface area contributed by atoms with Gasteiger partial charge in [-0.15, -0.1) is 0 Å². The summed E-state index contributed by atoms with van der Waals surface area (Å²) in [4.78, 5) is 14.5. The third-order valence-corrected chi connectivity index (χ3v) is 5.53. The topological polar surface area (TPSA) is 57.7 Å². The van der Waals surface area contributed by atoms with Gasteiger partial charge in [0.25, 0.3) is 0 Å². The Morgan fingerprint density at radius 1 is 1.11 bits per heavy atom. The van der Waals surface area contributed by atoms with Crippen molar-refractivity contribution in [3.05, 3.63) is 64.9 Å². The van der Waals surface area contributed by atoms with E-state index in [-0.39, 0.29) is 18.0 Å². The summed E-state index contributed by atoms with van der Waals surface area (Å²) in [5.41, 5.74) is 1.12. The molecule has 0 aromatic heterocycles. The molecule has 8 heteroatoms. The van der Waals surface area contributed by atoms with Crippen molar-refractivity contribution in [2.75, 3.05) is 17.6 Å². The number of carbonyl (C=O) groups excluding carboxylic acids is 1. The van der Waals surface area contributed by atoms with Gasteiger partial charge >= 0.3 is 0 Å². The Hall–Kier alpha value is -2.12. The summed E-state index contributed by atoms with van der Waals surface area (Å²) in [6.45, 7) is 2.05. The van der Waals surface area contributed by atoms with E-state index < -0.39 is 21.9 Å². The number of hydrogen-bond acceptors (Lipinski definition) is 3. The number of likely N-dealkylation sites (N-methyl/N-ethyl adjacent to an activating group) is 1. The van der Waals surface area contributed by atoms with Gasteiger partial charge in [-0.25, -0.2) is 12.8 Å². The lowest BCUT2D eigenvalue weighted by atomic mass is 10.1. The number of rotatable bonds is 7. The average molecular weight is 413 g/mol. The third-order valence-electron chi connectivity index (χ3n) is 4.10. The Labute approximate surface area is 164 Å². The predicted octanol–water partition coefficient (Wildman–Crippen LogP) is 3.68. The van der Waals surface area contributed by atoms with E-state index in [0.717, 1.165) is 16.1 Å². The van der Waals surface area contributed by atoms with E-state index in [2.05, 4.69) is 0 Å². The lowest BCUT2D eigenvalue weighted by Crippen LogP contribution is -2.49. The van der Waals surface area contributed by atoms with Crippen LogP contribution in [0.25, 0.3) is 0 Å². The van der Waals surface area contributed by atoms with Crippen LogP contribution in [0.15, 0.2) is 48.5 Å². The van der Waals surface area contributed by atoms with Gasteiger partial charge in [0, 0.05) is 18.6 Å². The maximum atomic E-state index is 13.2. The molecule has 0 fully saturated rings. The van der Waals surface area contributed by atoms with E-state index in [4.69, 9.17) is 11.6 Å². The molecule has 1 amide bonds. The first kappa shape index (κ1) is 21.2. The number of halogens is 2. The maximum Gasteiger partial charge on any atom is 0.246 e. The fourth-order valence-electron chi connectivity index (χ4n) is 2.83. The molecule has 0 aliphatic heterocycles. The first-order valence-corrected chi connectivity index (χ1v) is 10.6. The number of carbonyl (C=O) groups is 1. The van der Waals surface area contributed by atoms with Gasteiger partial charge < -0.3 is 4.90 Å². The minimum Gasteiger partial charge on any atom is -0.340 e. The largest absolute Gasteiger partial charge is 0.340 e. The molecule has 27 heavy (non-hydrogen) atoms. The monoisotopic (exact) mass is 412 g/mol. The van der Waals surface area contributed by atoms with Crippen LogP contribution in [0.1, 0.15) is 18.9 Å². The molecule has 2 aromatic carbocycles. The fourth-order valence-corrected chi connectivity index (χ4v) is 4.16. The van der Waals surface area contributed by atoms with Gasteiger partial charge in [-0.2, -0.15) is 0 Å². The van der Waals surface area contributed by atoms with E-state index in [1.165, 1.54) is 29.2 Å². The van der Waals surface area contributed by atoms with Gasteiger partial charge in [0.15, 0.2) is 0 Å². The van der Waals surface area contributed by atoms with Crippen LogP contribution in [-0.4, -0.2) is 38.6 Å². The normalized spacial score (nSPS) is 12.5. The second-order valence-corrected chi connectivity index (χ2v) is 8.58. The average Bonchev–Trinajstić information content (AvgIpc) is 2.61. The van der Waals surface area contributed by atoms with Crippen LogP contribution in [0.3, 0.4) is 0 Å². The standard InChI is InChI=1S/C19H22ClFN2O3S/c1-4-18(19(24)22(2)13-14-5-7-15(20)8-6-14)23(27(3,25)26)17-11-9-16(21)10-12-17/h5-12,18H,4,13H2,1-3H3. The molecule has 0 radical (unpaired) electrons. The van der Waals surface area contributed by atoms with E-state index in [9.17, 15) is 17.6 Å². The molecule has 1 unspecified atom stereocenters. The molecular weight excluding hydrogens is 391 g/mol. The van der Waals surface area contributed by atoms with E-state index in [1.807, 2.05) is 0 Å². The number of anilines is 1. The number of hydrogen-bond donors (Lipinski definition) is 0. The number of amides is 1. The molecule has 0 N–H and O–H groups in total. The fraction of sp³-hybridized carbons (Fsp3) is 0.316. The highest BCUT2D eigenvalue weighted by Gasteiger charge is 2.33. The van der Waals surface area contributed by atoms with Crippen LogP contribution in [0, 0.1) is 5.82 Å². The van der Waals surface area contributed by atoms with Gasteiger partial charge in [0.2, 0.25) is 15.9 Å². The van der Waals surface area contributed by atoms with Crippen molar-refractivity contribution in [2.45, 2.75) is 25.9 Å². The minimum absolute atomic E-state index is 0.249. The molecule has 0 spiro atoms. The summed E-state index contributed by atoms with van der Waals surface area (Å²) in [6, 6.07) is 11.2. The molecule has 0 aliphatic carbocycles. The molecule has 0 bridgehead atoms. The predicted molar refractivity (Wildman–Crippen MR) is 106 cm³/mol. The van der Waals surface area contributed by atoms with Gasteiger partial charge in [-0.3, -0.25) is 9.10 Å². The number of nitrogens with zero attached hydrogens (tertiary/aromatic N) is 2. The molecule has 0 aliphatic rings. The van der Waals surface area contributed by atoms with Crippen molar-refractivity contribution in [1.29, 1.82) is 0 Å². The Morgan fingerprint density at radius 2 is 1.67 bits per heavy atom. The van der Waals surface area contributed by atoms with Crippen LogP contribution in [-0.2, 0) is 21.4 Å². The van der Waals surface area contributed by atoms with Crippen LogP contribution in [0.5, 0.6) is 0 Å². The van der Waals surface area contributed by atoms with Crippen LogP contribution in [0.2, 0.25) is 5.02 Å². The first-order chi connectivity index (χ1) is 12.6. The quantitative estimate of drug-likeness (QED) is 0.697. The maximum absolute atomic E-state index is 13.2. The third kappa shape index (κ3) is 5.43. The van der Waals surface area contributed by atoms with E-state index >= 15 is 0 Å². The highest BCUT2D eigenvalue weighted by Crippen LogP contribution is 2.24. The molecule has 146 valence electrons. The summed E-state index contributed by atoms with van der Waals surface area (Å²) in [5, 5.41) is 0.596. The minimum atomic E-state index is -3.75. The Kier molecular flexibility index (Phi) is 6.84. The molecule has 0 heterocycles. The van der Waals surface area contributed by atoms with E-state index in [1.54, 1.807) is 38.2 Å². The van der Waals surface area contributed by atoms with Gasteiger partial charge in [0.1, 0.15) is 11.9 Å². The molecule has 2 rings (SSSR count). The number of benzene rings is 2. The van der Waals surface area contributed by atoms with Crippen molar-refractivity contribution in [1.82, 2.24) is 4.90 Å². The zero-order valence-corrected chi connectivity index (χ0v) is 17.0. The smallest absolute Gasteiger partial charge is 0.246 e. The summed E-state index contributed by atoms with van der Waals surface area (Å²) in [6.07, 6.45) is 1.31. The first-order valence-electron chi connectivity index (χ1n) is 8.38. The molecule has 2 aromatic rings. The van der Waals surface area contributed by atoms with Crippen LogP contribution < -0.4 is 4.31 Å². The zero-order chi connectivity index (χ0) is 20.2. The second-order valence-electron chi connectivity index (χ2n) is 6.28. The lowest BCUT2D eigenvalue weighted by molar-refractivity contribution is -0.131.